The fourth-order valence-corrected chi connectivity index (χ4v) is 3.77. The molecule has 2 fully saturated rings. The molecule has 112 valence electrons. The van der Waals surface area contributed by atoms with Gasteiger partial charge in [0.2, 0.25) is 11.8 Å². The molecule has 0 radical (unpaired) electrons. The SMILES string of the molecule is NNC(=O)c1ccc(CN2CC(=O)N3CCCC3C2=O)s1. The van der Waals surface area contributed by atoms with Crippen LogP contribution in [0.3, 0.4) is 0 Å². The maximum atomic E-state index is 12.4. The first-order valence-electron chi connectivity index (χ1n) is 6.78. The molecule has 0 aromatic carbocycles. The van der Waals surface area contributed by atoms with Gasteiger partial charge in [-0.05, 0) is 25.0 Å². The fourth-order valence-electron chi connectivity index (χ4n) is 2.84. The molecule has 21 heavy (non-hydrogen) atoms. The standard InChI is InChI=1S/C13H16N4O3S/c14-15-12(19)10-4-3-8(21-10)6-16-7-11(18)17-5-1-2-9(17)13(16)20/h3-4,9H,1-2,5-7,14H2,(H,15,19). The van der Waals surface area contributed by atoms with E-state index in [4.69, 9.17) is 5.84 Å². The van der Waals surface area contributed by atoms with Crippen molar-refractivity contribution in [3.63, 3.8) is 0 Å². The van der Waals surface area contributed by atoms with Crippen molar-refractivity contribution in [1.29, 1.82) is 0 Å². The predicted molar refractivity (Wildman–Crippen MR) is 76.1 cm³/mol. The molecule has 1 aromatic heterocycles. The van der Waals surface area contributed by atoms with Crippen molar-refractivity contribution in [2.75, 3.05) is 13.1 Å². The molecule has 3 heterocycles. The number of thiophene rings is 1. The number of nitrogens with zero attached hydrogens (tertiary/aromatic N) is 2. The number of hydrogen-bond donors (Lipinski definition) is 2. The highest BCUT2D eigenvalue weighted by atomic mass is 32.1. The quantitative estimate of drug-likeness (QED) is 0.455. The third kappa shape index (κ3) is 2.52. The summed E-state index contributed by atoms with van der Waals surface area (Å²) in [6.07, 6.45) is 1.63. The fraction of sp³-hybridized carbons (Fsp3) is 0.462. The van der Waals surface area contributed by atoms with Gasteiger partial charge in [-0.1, -0.05) is 0 Å². The molecule has 7 nitrogen and oxygen atoms in total. The van der Waals surface area contributed by atoms with Crippen LogP contribution in [0.15, 0.2) is 12.1 Å². The molecule has 0 bridgehead atoms. The first-order valence-corrected chi connectivity index (χ1v) is 7.59. The molecular weight excluding hydrogens is 292 g/mol. The monoisotopic (exact) mass is 308 g/mol. The lowest BCUT2D eigenvalue weighted by Crippen LogP contribution is -2.56. The molecule has 0 saturated carbocycles. The summed E-state index contributed by atoms with van der Waals surface area (Å²) in [6.45, 7) is 1.16. The van der Waals surface area contributed by atoms with Crippen LogP contribution in [0.2, 0.25) is 0 Å². The molecule has 1 aromatic rings. The zero-order valence-electron chi connectivity index (χ0n) is 11.4. The third-order valence-corrected chi connectivity index (χ3v) is 4.93. The lowest BCUT2D eigenvalue weighted by Gasteiger charge is -2.36. The number of carbonyl (C=O) groups is 3. The first kappa shape index (κ1) is 14.0. The minimum absolute atomic E-state index is 0.00493. The summed E-state index contributed by atoms with van der Waals surface area (Å²) in [5.74, 6) is 4.75. The van der Waals surface area contributed by atoms with Crippen LogP contribution >= 0.6 is 11.3 Å². The molecule has 0 spiro atoms. The smallest absolute Gasteiger partial charge is 0.275 e. The van der Waals surface area contributed by atoms with Crippen molar-refractivity contribution in [1.82, 2.24) is 15.2 Å². The number of rotatable bonds is 3. The second kappa shape index (κ2) is 5.45. The average Bonchev–Trinajstić information content (AvgIpc) is 3.13. The van der Waals surface area contributed by atoms with Crippen LogP contribution in [0.25, 0.3) is 0 Å². The Labute approximate surface area is 125 Å². The number of nitrogens with one attached hydrogen (secondary N) is 1. The highest BCUT2D eigenvalue weighted by molar-refractivity contribution is 7.14. The van der Waals surface area contributed by atoms with Crippen molar-refractivity contribution >= 4 is 29.1 Å². The Hall–Kier alpha value is -1.93. The number of carbonyl (C=O) groups excluding carboxylic acids is 3. The Morgan fingerprint density at radius 1 is 1.43 bits per heavy atom. The zero-order chi connectivity index (χ0) is 15.0. The van der Waals surface area contributed by atoms with Gasteiger partial charge in [-0.2, -0.15) is 0 Å². The Balaban J connectivity index is 1.72. The number of nitrogens with two attached hydrogens (primary N) is 1. The lowest BCUT2D eigenvalue weighted by molar-refractivity contribution is -0.154. The van der Waals surface area contributed by atoms with E-state index in [-0.39, 0.29) is 30.3 Å². The lowest BCUT2D eigenvalue weighted by atomic mass is 10.1. The van der Waals surface area contributed by atoms with Crippen molar-refractivity contribution < 1.29 is 14.4 Å². The van der Waals surface area contributed by atoms with E-state index in [9.17, 15) is 14.4 Å². The number of fused-ring (bicyclic) bond motifs is 1. The molecule has 8 heteroatoms. The van der Waals surface area contributed by atoms with E-state index in [1.54, 1.807) is 21.9 Å². The number of nitrogen functional groups attached to an aromatic ring is 1. The normalized spacial score (nSPS) is 21.7. The summed E-state index contributed by atoms with van der Waals surface area (Å²) in [5.41, 5.74) is 2.07. The van der Waals surface area contributed by atoms with Crippen molar-refractivity contribution in [2.45, 2.75) is 25.4 Å². The Morgan fingerprint density at radius 2 is 2.24 bits per heavy atom. The van der Waals surface area contributed by atoms with E-state index in [1.807, 2.05) is 0 Å². The Morgan fingerprint density at radius 3 is 3.00 bits per heavy atom. The van der Waals surface area contributed by atoms with Crippen molar-refractivity contribution in [3.05, 3.63) is 21.9 Å². The largest absolute Gasteiger partial charge is 0.329 e. The van der Waals surface area contributed by atoms with Crippen LogP contribution in [0.5, 0.6) is 0 Å². The average molecular weight is 308 g/mol. The second-order valence-electron chi connectivity index (χ2n) is 5.18. The van der Waals surface area contributed by atoms with Gasteiger partial charge >= 0.3 is 0 Å². The second-order valence-corrected chi connectivity index (χ2v) is 6.35. The van der Waals surface area contributed by atoms with Gasteiger partial charge in [-0.25, -0.2) is 5.84 Å². The molecular formula is C13H16N4O3S. The van der Waals surface area contributed by atoms with Crippen molar-refractivity contribution in [3.8, 4) is 0 Å². The summed E-state index contributed by atoms with van der Waals surface area (Å²) in [5, 5.41) is 0. The van der Waals surface area contributed by atoms with Gasteiger partial charge < -0.3 is 9.80 Å². The van der Waals surface area contributed by atoms with Crippen LogP contribution in [-0.2, 0) is 16.1 Å². The number of piperazine rings is 1. The summed E-state index contributed by atoms with van der Waals surface area (Å²) in [4.78, 5) is 40.5. The van der Waals surface area contributed by atoms with Gasteiger partial charge in [0.25, 0.3) is 5.91 Å². The molecule has 3 N–H and O–H groups in total. The topological polar surface area (TPSA) is 95.7 Å². The molecule has 2 aliphatic heterocycles. The van der Waals surface area contributed by atoms with Gasteiger partial charge in [0.05, 0.1) is 11.4 Å². The molecule has 1 atom stereocenters. The maximum Gasteiger partial charge on any atom is 0.275 e. The minimum atomic E-state index is -0.353. The molecule has 3 amide bonds. The Kier molecular flexibility index (Phi) is 3.64. The highest BCUT2D eigenvalue weighted by Crippen LogP contribution is 2.26. The molecule has 0 aliphatic carbocycles. The third-order valence-electron chi connectivity index (χ3n) is 3.86. The predicted octanol–water partition coefficient (Wildman–Crippen LogP) is -0.315. The van der Waals surface area contributed by atoms with E-state index >= 15 is 0 Å². The van der Waals surface area contributed by atoms with Crippen LogP contribution in [0.1, 0.15) is 27.4 Å². The highest BCUT2D eigenvalue weighted by Gasteiger charge is 2.41. The van der Waals surface area contributed by atoms with Gasteiger partial charge in [0, 0.05) is 11.4 Å². The van der Waals surface area contributed by atoms with E-state index in [0.717, 1.165) is 17.7 Å². The summed E-state index contributed by atoms with van der Waals surface area (Å²) >= 11 is 1.28. The number of amides is 3. The van der Waals surface area contributed by atoms with E-state index in [0.29, 0.717) is 18.0 Å². The minimum Gasteiger partial charge on any atom is -0.329 e. The van der Waals surface area contributed by atoms with Gasteiger partial charge in [0.1, 0.15) is 12.6 Å². The van der Waals surface area contributed by atoms with E-state index < -0.39 is 0 Å². The van der Waals surface area contributed by atoms with Gasteiger partial charge in [-0.15, -0.1) is 11.3 Å². The zero-order valence-corrected chi connectivity index (χ0v) is 12.2. The molecule has 3 rings (SSSR count). The molecule has 2 aliphatic rings. The van der Waals surface area contributed by atoms with Crippen LogP contribution in [0, 0.1) is 0 Å². The molecule has 1 unspecified atom stereocenters. The molecule has 2 saturated heterocycles. The number of hydrogen-bond acceptors (Lipinski definition) is 5. The maximum absolute atomic E-state index is 12.4. The first-order chi connectivity index (χ1) is 10.1. The summed E-state index contributed by atoms with van der Waals surface area (Å²) < 4.78 is 0. The van der Waals surface area contributed by atoms with E-state index in [2.05, 4.69) is 5.43 Å². The Bertz CT molecular complexity index is 600. The van der Waals surface area contributed by atoms with Crippen molar-refractivity contribution in [2.24, 2.45) is 5.84 Å². The summed E-state index contributed by atoms with van der Waals surface area (Å²) in [6, 6.07) is 3.16. The number of hydrazine groups is 1. The van der Waals surface area contributed by atoms with Gasteiger partial charge in [0.15, 0.2) is 0 Å². The van der Waals surface area contributed by atoms with Crippen LogP contribution < -0.4 is 11.3 Å². The van der Waals surface area contributed by atoms with Crippen LogP contribution in [0.4, 0.5) is 0 Å². The van der Waals surface area contributed by atoms with E-state index in [1.165, 1.54) is 11.3 Å². The summed E-state index contributed by atoms with van der Waals surface area (Å²) in [7, 11) is 0. The van der Waals surface area contributed by atoms with Gasteiger partial charge in [-0.3, -0.25) is 19.8 Å². The van der Waals surface area contributed by atoms with Crippen LogP contribution in [-0.4, -0.2) is 46.7 Å².